The zero-order chi connectivity index (χ0) is 17.9. The fourth-order valence-electron chi connectivity index (χ4n) is 2.20. The number of amides is 2. The van der Waals surface area contributed by atoms with Gasteiger partial charge in [0.05, 0.1) is 15.5 Å². The van der Waals surface area contributed by atoms with E-state index < -0.39 is 0 Å². The van der Waals surface area contributed by atoms with E-state index in [9.17, 15) is 9.59 Å². The van der Waals surface area contributed by atoms with Crippen molar-refractivity contribution in [3.63, 3.8) is 0 Å². The fraction of sp³-hybridized carbons (Fsp3) is 0.444. The van der Waals surface area contributed by atoms with Crippen molar-refractivity contribution >= 4 is 44.9 Å². The van der Waals surface area contributed by atoms with Crippen LogP contribution in [0.4, 0.5) is 4.79 Å². The van der Waals surface area contributed by atoms with E-state index in [1.807, 2.05) is 39.0 Å². The molecule has 2 amide bonds. The molecule has 1 fully saturated rings. The summed E-state index contributed by atoms with van der Waals surface area (Å²) in [5, 5.41) is -0.198. The Bertz CT molecular complexity index is 674. The molecular weight excluding hydrogens is 390 g/mol. The minimum absolute atomic E-state index is 0.0820. The first-order valence-electron chi connectivity index (χ1n) is 8.10. The van der Waals surface area contributed by atoms with Gasteiger partial charge in [-0.2, -0.15) is 0 Å². The Balaban J connectivity index is 2.21. The van der Waals surface area contributed by atoms with Gasteiger partial charge in [-0.05, 0) is 78.2 Å². The average Bonchev–Trinajstić information content (AvgIpc) is 2.83. The number of ether oxygens (including phenoxy) is 1. The molecule has 1 saturated heterocycles. The lowest BCUT2D eigenvalue weighted by Crippen LogP contribution is -2.36. The second-order valence-corrected chi connectivity index (χ2v) is 7.68. The summed E-state index contributed by atoms with van der Waals surface area (Å²) in [6.07, 6.45) is 3.57. The number of carbonyl (C=O) groups is 2. The monoisotopic (exact) mass is 411 g/mol. The molecule has 24 heavy (non-hydrogen) atoms. The summed E-state index contributed by atoms with van der Waals surface area (Å²) in [4.78, 5) is 26.3. The van der Waals surface area contributed by atoms with Crippen LogP contribution in [0, 0.1) is 0 Å². The van der Waals surface area contributed by atoms with E-state index in [-0.39, 0.29) is 23.3 Å². The molecule has 0 spiro atoms. The van der Waals surface area contributed by atoms with Crippen molar-refractivity contribution < 1.29 is 14.3 Å². The van der Waals surface area contributed by atoms with Crippen molar-refractivity contribution in [1.82, 2.24) is 4.90 Å². The molecule has 1 aliphatic rings. The molecule has 1 heterocycles. The first kappa shape index (κ1) is 19.1. The quantitative estimate of drug-likeness (QED) is 0.582. The maximum atomic E-state index is 12.4. The highest BCUT2D eigenvalue weighted by atomic mass is 79.9. The van der Waals surface area contributed by atoms with Crippen LogP contribution >= 0.6 is 27.7 Å². The summed E-state index contributed by atoms with van der Waals surface area (Å²) >= 11 is 4.50. The number of thioether (sulfide) groups is 1. The van der Waals surface area contributed by atoms with Crippen LogP contribution in [0.25, 0.3) is 6.08 Å². The van der Waals surface area contributed by atoms with E-state index in [1.54, 1.807) is 6.08 Å². The number of benzene rings is 1. The molecule has 130 valence electrons. The van der Waals surface area contributed by atoms with E-state index in [1.165, 1.54) is 4.90 Å². The predicted molar refractivity (Wildman–Crippen MR) is 102 cm³/mol. The van der Waals surface area contributed by atoms with Crippen LogP contribution in [-0.4, -0.2) is 28.2 Å². The summed E-state index contributed by atoms with van der Waals surface area (Å²) < 4.78 is 6.65. The number of rotatable bonds is 6. The van der Waals surface area contributed by atoms with Crippen LogP contribution < -0.4 is 4.74 Å². The first-order chi connectivity index (χ1) is 11.4. The molecule has 0 N–H and O–H groups in total. The van der Waals surface area contributed by atoms with E-state index in [4.69, 9.17) is 4.74 Å². The zero-order valence-electron chi connectivity index (χ0n) is 14.3. The van der Waals surface area contributed by atoms with E-state index >= 15 is 0 Å². The Hall–Kier alpha value is -1.27. The van der Waals surface area contributed by atoms with Gasteiger partial charge in [0.25, 0.3) is 11.1 Å². The van der Waals surface area contributed by atoms with Gasteiger partial charge in [-0.25, -0.2) is 0 Å². The average molecular weight is 412 g/mol. The van der Waals surface area contributed by atoms with Crippen LogP contribution in [0.15, 0.2) is 27.6 Å². The molecule has 0 bridgehead atoms. The van der Waals surface area contributed by atoms with Crippen molar-refractivity contribution in [3.8, 4) is 5.75 Å². The van der Waals surface area contributed by atoms with Crippen LogP contribution in [0.2, 0.25) is 0 Å². The predicted octanol–water partition coefficient (Wildman–Crippen LogP) is 5.46. The summed E-state index contributed by atoms with van der Waals surface area (Å²) in [7, 11) is 0. The van der Waals surface area contributed by atoms with Crippen molar-refractivity contribution in [2.24, 2.45) is 0 Å². The number of imide groups is 1. The SMILES string of the molecule is CC[C@@H](C)N1C(=O)S/C(=C/c2ccc(O[C@@H](C)CC)c(Br)c2)C1=O. The third-order valence-electron chi connectivity index (χ3n) is 4.01. The van der Waals surface area contributed by atoms with E-state index in [0.29, 0.717) is 4.91 Å². The Morgan fingerprint density at radius 3 is 2.54 bits per heavy atom. The zero-order valence-corrected chi connectivity index (χ0v) is 16.7. The molecule has 6 heteroatoms. The molecule has 0 aromatic heterocycles. The van der Waals surface area contributed by atoms with Gasteiger partial charge in [-0.1, -0.05) is 19.9 Å². The molecule has 1 aromatic rings. The molecule has 0 unspecified atom stereocenters. The van der Waals surface area contributed by atoms with Gasteiger partial charge in [0.15, 0.2) is 0 Å². The van der Waals surface area contributed by atoms with Crippen molar-refractivity contribution in [2.75, 3.05) is 0 Å². The lowest BCUT2D eigenvalue weighted by molar-refractivity contribution is -0.124. The highest BCUT2D eigenvalue weighted by Crippen LogP contribution is 2.35. The van der Waals surface area contributed by atoms with Gasteiger partial charge >= 0.3 is 0 Å². The second-order valence-electron chi connectivity index (χ2n) is 5.84. The van der Waals surface area contributed by atoms with Gasteiger partial charge < -0.3 is 4.74 Å². The smallest absolute Gasteiger partial charge is 0.293 e. The Morgan fingerprint density at radius 2 is 1.96 bits per heavy atom. The van der Waals surface area contributed by atoms with Gasteiger partial charge in [0, 0.05) is 6.04 Å². The lowest BCUT2D eigenvalue weighted by atomic mass is 10.2. The Labute approximate surface area is 155 Å². The maximum absolute atomic E-state index is 12.4. The van der Waals surface area contributed by atoms with Crippen LogP contribution in [-0.2, 0) is 4.79 Å². The molecule has 1 aliphatic heterocycles. The normalized spacial score (nSPS) is 19.0. The third-order valence-corrected chi connectivity index (χ3v) is 5.52. The summed E-state index contributed by atoms with van der Waals surface area (Å²) in [5.41, 5.74) is 0.855. The molecule has 0 radical (unpaired) electrons. The summed E-state index contributed by atoms with van der Waals surface area (Å²) in [5.74, 6) is 0.560. The Kier molecular flexibility index (Phi) is 6.52. The number of nitrogens with zero attached hydrogens (tertiary/aromatic N) is 1. The highest BCUT2D eigenvalue weighted by Gasteiger charge is 2.37. The van der Waals surface area contributed by atoms with Crippen molar-refractivity contribution in [3.05, 3.63) is 33.1 Å². The van der Waals surface area contributed by atoms with E-state index in [0.717, 1.165) is 40.4 Å². The maximum Gasteiger partial charge on any atom is 0.293 e. The minimum atomic E-state index is -0.213. The van der Waals surface area contributed by atoms with Crippen LogP contribution in [0.3, 0.4) is 0 Å². The summed E-state index contributed by atoms with van der Waals surface area (Å²) in [6, 6.07) is 5.58. The minimum Gasteiger partial charge on any atom is -0.490 e. The molecule has 2 rings (SSSR count). The number of hydrogen-bond donors (Lipinski definition) is 0. The van der Waals surface area contributed by atoms with Gasteiger partial charge in [-0.3, -0.25) is 14.5 Å². The molecule has 0 saturated carbocycles. The van der Waals surface area contributed by atoms with Crippen molar-refractivity contribution in [1.29, 1.82) is 0 Å². The molecule has 1 aromatic carbocycles. The fourth-order valence-corrected chi connectivity index (χ4v) is 3.62. The lowest BCUT2D eigenvalue weighted by Gasteiger charge is -2.19. The first-order valence-corrected chi connectivity index (χ1v) is 9.71. The third kappa shape index (κ3) is 4.22. The van der Waals surface area contributed by atoms with Crippen molar-refractivity contribution in [2.45, 2.75) is 52.7 Å². The van der Waals surface area contributed by atoms with Gasteiger partial charge in [0.2, 0.25) is 0 Å². The number of carbonyl (C=O) groups excluding carboxylic acids is 2. The van der Waals surface area contributed by atoms with E-state index in [2.05, 4.69) is 22.9 Å². The standard InChI is InChI=1S/C18H22BrNO3S/c1-5-11(3)20-17(21)16(24-18(20)22)10-13-7-8-15(14(19)9-13)23-12(4)6-2/h7-12H,5-6H2,1-4H3/b16-10+/t11-,12+/m1/s1. The highest BCUT2D eigenvalue weighted by molar-refractivity contribution is 9.10. The number of hydrogen-bond acceptors (Lipinski definition) is 4. The van der Waals surface area contributed by atoms with Crippen LogP contribution in [0.1, 0.15) is 46.1 Å². The second kappa shape index (κ2) is 8.21. The number of halogens is 1. The summed E-state index contributed by atoms with van der Waals surface area (Å²) in [6.45, 7) is 7.94. The largest absolute Gasteiger partial charge is 0.490 e. The van der Waals surface area contributed by atoms with Crippen LogP contribution in [0.5, 0.6) is 5.75 Å². The molecule has 0 aliphatic carbocycles. The van der Waals surface area contributed by atoms with Gasteiger partial charge in [-0.15, -0.1) is 0 Å². The molecule has 2 atom stereocenters. The molecule has 4 nitrogen and oxygen atoms in total. The topological polar surface area (TPSA) is 46.6 Å². The van der Waals surface area contributed by atoms with Gasteiger partial charge in [0.1, 0.15) is 5.75 Å². The molecular formula is C18H22BrNO3S. The Morgan fingerprint density at radius 1 is 1.25 bits per heavy atom.